The average Bonchev–Trinajstić information content (AvgIpc) is 2.63. The molecule has 1 amide bonds. The van der Waals surface area contributed by atoms with Gasteiger partial charge in [0.05, 0.1) is 0 Å². The molecule has 0 spiro atoms. The van der Waals surface area contributed by atoms with E-state index in [1.807, 2.05) is 66.7 Å². The van der Waals surface area contributed by atoms with Crippen LogP contribution in [-0.2, 0) is 4.79 Å². The maximum absolute atomic E-state index is 12.8. The standard InChI is InChI=1S/C19H15BrN2OS/c20-15-11-12-17(21-13-15)22-19(23)18(14-7-3-1-4-8-14)24-16-9-5-2-6-10-16/h1-13,18H,(H,21,22,23). The van der Waals surface area contributed by atoms with E-state index in [0.29, 0.717) is 5.82 Å². The highest BCUT2D eigenvalue weighted by Crippen LogP contribution is 2.35. The zero-order valence-corrected chi connectivity index (χ0v) is 15.1. The Morgan fingerprint density at radius 2 is 1.62 bits per heavy atom. The molecular formula is C19H15BrN2OS. The van der Waals surface area contributed by atoms with Gasteiger partial charge in [-0.15, -0.1) is 11.8 Å². The molecule has 0 fully saturated rings. The number of hydrogen-bond acceptors (Lipinski definition) is 3. The molecular weight excluding hydrogens is 384 g/mol. The van der Waals surface area contributed by atoms with Crippen molar-refractivity contribution in [3.63, 3.8) is 0 Å². The van der Waals surface area contributed by atoms with Crippen molar-refractivity contribution in [3.05, 3.63) is 89.0 Å². The number of anilines is 1. The van der Waals surface area contributed by atoms with E-state index in [9.17, 15) is 4.79 Å². The molecule has 0 aliphatic carbocycles. The van der Waals surface area contributed by atoms with Gasteiger partial charge in [0.25, 0.3) is 0 Å². The average molecular weight is 399 g/mol. The number of amides is 1. The molecule has 3 aromatic rings. The smallest absolute Gasteiger partial charge is 0.243 e. The maximum Gasteiger partial charge on any atom is 0.243 e. The minimum atomic E-state index is -0.348. The molecule has 24 heavy (non-hydrogen) atoms. The van der Waals surface area contributed by atoms with E-state index in [0.717, 1.165) is 14.9 Å². The third kappa shape index (κ3) is 4.46. The van der Waals surface area contributed by atoms with Gasteiger partial charge in [-0.1, -0.05) is 48.5 Å². The number of hydrogen-bond donors (Lipinski definition) is 1. The number of nitrogens with one attached hydrogen (secondary N) is 1. The van der Waals surface area contributed by atoms with E-state index >= 15 is 0 Å². The van der Waals surface area contributed by atoms with Gasteiger partial charge >= 0.3 is 0 Å². The highest BCUT2D eigenvalue weighted by atomic mass is 79.9. The van der Waals surface area contributed by atoms with Gasteiger partial charge in [-0.05, 0) is 45.8 Å². The Balaban J connectivity index is 1.83. The molecule has 1 N–H and O–H groups in total. The molecule has 0 aliphatic rings. The Labute approximate surface area is 153 Å². The van der Waals surface area contributed by atoms with Crippen molar-refractivity contribution >= 4 is 39.4 Å². The van der Waals surface area contributed by atoms with Gasteiger partial charge in [0.1, 0.15) is 11.1 Å². The molecule has 3 nitrogen and oxygen atoms in total. The molecule has 120 valence electrons. The molecule has 5 heteroatoms. The minimum Gasteiger partial charge on any atom is -0.309 e. The lowest BCUT2D eigenvalue weighted by Crippen LogP contribution is -2.19. The number of nitrogens with zero attached hydrogens (tertiary/aromatic N) is 1. The third-order valence-electron chi connectivity index (χ3n) is 3.32. The van der Waals surface area contributed by atoms with Crippen LogP contribution < -0.4 is 5.32 Å². The van der Waals surface area contributed by atoms with Crippen LogP contribution in [0.5, 0.6) is 0 Å². The second-order valence-electron chi connectivity index (χ2n) is 5.07. The predicted octanol–water partition coefficient (Wildman–Crippen LogP) is 5.32. The molecule has 0 radical (unpaired) electrons. The summed E-state index contributed by atoms with van der Waals surface area (Å²) in [5.41, 5.74) is 0.959. The van der Waals surface area contributed by atoms with Crippen LogP contribution in [0.4, 0.5) is 5.82 Å². The Kier molecular flexibility index (Phi) is 5.67. The van der Waals surface area contributed by atoms with Crippen LogP contribution in [0.2, 0.25) is 0 Å². The normalized spacial score (nSPS) is 11.7. The van der Waals surface area contributed by atoms with E-state index in [2.05, 4.69) is 26.2 Å². The fourth-order valence-corrected chi connectivity index (χ4v) is 3.46. The van der Waals surface area contributed by atoms with Crippen LogP contribution in [0.25, 0.3) is 0 Å². The van der Waals surface area contributed by atoms with Crippen molar-refractivity contribution < 1.29 is 4.79 Å². The lowest BCUT2D eigenvalue weighted by molar-refractivity contribution is -0.115. The lowest BCUT2D eigenvalue weighted by Gasteiger charge is -2.16. The van der Waals surface area contributed by atoms with Gasteiger partial charge in [0, 0.05) is 15.6 Å². The van der Waals surface area contributed by atoms with E-state index in [-0.39, 0.29) is 11.2 Å². The summed E-state index contributed by atoms with van der Waals surface area (Å²) >= 11 is 4.87. The summed E-state index contributed by atoms with van der Waals surface area (Å²) in [6, 6.07) is 23.3. The first kappa shape index (κ1) is 16.7. The molecule has 2 aromatic carbocycles. The van der Waals surface area contributed by atoms with Gasteiger partial charge in [0.15, 0.2) is 0 Å². The summed E-state index contributed by atoms with van der Waals surface area (Å²) in [6.07, 6.45) is 1.66. The first-order valence-corrected chi connectivity index (χ1v) is 9.09. The monoisotopic (exact) mass is 398 g/mol. The first-order valence-electron chi connectivity index (χ1n) is 7.41. The highest BCUT2D eigenvalue weighted by molar-refractivity contribution is 9.10. The number of carbonyl (C=O) groups excluding carboxylic acids is 1. The summed E-state index contributed by atoms with van der Waals surface area (Å²) in [6.45, 7) is 0. The summed E-state index contributed by atoms with van der Waals surface area (Å²) < 4.78 is 0.874. The van der Waals surface area contributed by atoms with Gasteiger partial charge in [-0.3, -0.25) is 4.79 Å². The molecule has 0 aliphatic heterocycles. The molecule has 0 bridgehead atoms. The fourth-order valence-electron chi connectivity index (χ4n) is 2.18. The zero-order chi connectivity index (χ0) is 16.8. The second kappa shape index (κ2) is 8.13. The summed E-state index contributed by atoms with van der Waals surface area (Å²) in [4.78, 5) is 18.1. The topological polar surface area (TPSA) is 42.0 Å². The van der Waals surface area contributed by atoms with Crippen molar-refractivity contribution in [2.24, 2.45) is 0 Å². The lowest BCUT2D eigenvalue weighted by atomic mass is 10.1. The van der Waals surface area contributed by atoms with Gasteiger partial charge < -0.3 is 5.32 Å². The molecule has 0 saturated heterocycles. The van der Waals surface area contributed by atoms with Crippen molar-refractivity contribution in [2.75, 3.05) is 5.32 Å². The minimum absolute atomic E-state index is 0.0927. The van der Waals surface area contributed by atoms with E-state index in [4.69, 9.17) is 0 Å². The number of rotatable bonds is 5. The van der Waals surface area contributed by atoms with E-state index in [1.165, 1.54) is 11.8 Å². The Morgan fingerprint density at radius 3 is 2.25 bits per heavy atom. The molecule has 1 aromatic heterocycles. The molecule has 3 rings (SSSR count). The van der Waals surface area contributed by atoms with Gasteiger partial charge in [0.2, 0.25) is 5.91 Å². The van der Waals surface area contributed by atoms with Gasteiger partial charge in [-0.2, -0.15) is 0 Å². The molecule has 0 saturated carbocycles. The number of pyridine rings is 1. The van der Waals surface area contributed by atoms with Crippen molar-refractivity contribution in [1.82, 2.24) is 4.98 Å². The predicted molar refractivity (Wildman–Crippen MR) is 102 cm³/mol. The largest absolute Gasteiger partial charge is 0.309 e. The summed E-state index contributed by atoms with van der Waals surface area (Å²) in [7, 11) is 0. The molecule has 1 unspecified atom stereocenters. The van der Waals surface area contributed by atoms with Crippen LogP contribution >= 0.6 is 27.7 Å². The van der Waals surface area contributed by atoms with Crippen LogP contribution in [0.3, 0.4) is 0 Å². The second-order valence-corrected chi connectivity index (χ2v) is 7.17. The Morgan fingerprint density at radius 1 is 0.958 bits per heavy atom. The number of aromatic nitrogens is 1. The van der Waals surface area contributed by atoms with Crippen LogP contribution in [0, 0.1) is 0 Å². The van der Waals surface area contributed by atoms with E-state index in [1.54, 1.807) is 12.3 Å². The Bertz CT molecular complexity index is 795. The van der Waals surface area contributed by atoms with Crippen molar-refractivity contribution in [2.45, 2.75) is 10.1 Å². The number of thioether (sulfide) groups is 1. The zero-order valence-electron chi connectivity index (χ0n) is 12.7. The van der Waals surface area contributed by atoms with Crippen LogP contribution in [0.1, 0.15) is 10.8 Å². The fraction of sp³-hybridized carbons (Fsp3) is 0.0526. The number of carbonyl (C=O) groups is 1. The molecule has 1 heterocycles. The SMILES string of the molecule is O=C(Nc1ccc(Br)cn1)C(Sc1ccccc1)c1ccccc1. The quantitative estimate of drug-likeness (QED) is 0.591. The Hall–Kier alpha value is -2.11. The highest BCUT2D eigenvalue weighted by Gasteiger charge is 2.22. The van der Waals surface area contributed by atoms with Crippen LogP contribution in [-0.4, -0.2) is 10.9 Å². The van der Waals surface area contributed by atoms with E-state index < -0.39 is 0 Å². The number of benzene rings is 2. The summed E-state index contributed by atoms with van der Waals surface area (Å²) in [5.74, 6) is 0.447. The summed E-state index contributed by atoms with van der Waals surface area (Å²) in [5, 5.41) is 2.55. The van der Waals surface area contributed by atoms with Crippen molar-refractivity contribution in [3.8, 4) is 0 Å². The molecule has 1 atom stereocenters. The maximum atomic E-state index is 12.8. The van der Waals surface area contributed by atoms with Gasteiger partial charge in [-0.25, -0.2) is 4.98 Å². The number of halogens is 1. The first-order chi connectivity index (χ1) is 11.7. The van der Waals surface area contributed by atoms with Crippen LogP contribution in [0.15, 0.2) is 88.4 Å². The van der Waals surface area contributed by atoms with Crippen molar-refractivity contribution in [1.29, 1.82) is 0 Å². The third-order valence-corrected chi connectivity index (χ3v) is 5.05.